The maximum absolute atomic E-state index is 5.52. The van der Waals surface area contributed by atoms with Crippen molar-refractivity contribution < 1.29 is 0 Å². The topological polar surface area (TPSA) is 70.8 Å². The first-order valence-electron chi connectivity index (χ1n) is 4.67. The van der Waals surface area contributed by atoms with Crippen molar-refractivity contribution in [1.29, 1.82) is 0 Å². The molecule has 0 saturated carbocycles. The van der Waals surface area contributed by atoms with E-state index in [1.165, 1.54) is 0 Å². The number of hydrogen-bond donors (Lipinski definition) is 2. The average Bonchev–Trinajstić information content (AvgIpc) is 2.65. The van der Waals surface area contributed by atoms with Gasteiger partial charge < -0.3 is 10.6 Å². The highest BCUT2D eigenvalue weighted by molar-refractivity contribution is 5.38. The predicted molar refractivity (Wildman–Crippen MR) is 59.3 cm³/mol. The maximum atomic E-state index is 5.52. The van der Waals surface area contributed by atoms with Gasteiger partial charge in [-0.3, -0.25) is 5.10 Å². The lowest BCUT2D eigenvalue weighted by atomic mass is 10.3. The van der Waals surface area contributed by atoms with Crippen molar-refractivity contribution >= 4 is 11.6 Å². The van der Waals surface area contributed by atoms with Gasteiger partial charge in [0.05, 0.1) is 12.2 Å². The lowest BCUT2D eigenvalue weighted by Gasteiger charge is -2.16. The number of aromatic amines is 1. The van der Waals surface area contributed by atoms with Crippen molar-refractivity contribution in [3.8, 4) is 0 Å². The second kappa shape index (κ2) is 4.00. The van der Waals surface area contributed by atoms with Crippen LogP contribution in [-0.4, -0.2) is 22.2 Å². The van der Waals surface area contributed by atoms with E-state index in [1.54, 1.807) is 6.20 Å². The third kappa shape index (κ3) is 2.25. The van der Waals surface area contributed by atoms with E-state index in [4.69, 9.17) is 5.73 Å². The van der Waals surface area contributed by atoms with Gasteiger partial charge >= 0.3 is 0 Å². The van der Waals surface area contributed by atoms with Gasteiger partial charge in [-0.05, 0) is 12.1 Å². The first-order chi connectivity index (χ1) is 7.25. The Bertz CT molecular complexity index is 422. The number of H-pyrrole nitrogens is 1. The SMILES string of the molecule is CN(Cc1cc(N)n[nH]1)c1ccccn1. The molecule has 0 fully saturated rings. The summed E-state index contributed by atoms with van der Waals surface area (Å²) in [4.78, 5) is 6.26. The van der Waals surface area contributed by atoms with Gasteiger partial charge in [-0.1, -0.05) is 6.07 Å². The van der Waals surface area contributed by atoms with E-state index >= 15 is 0 Å². The molecule has 0 radical (unpaired) electrons. The van der Waals surface area contributed by atoms with Gasteiger partial charge in [-0.2, -0.15) is 5.10 Å². The van der Waals surface area contributed by atoms with Crippen molar-refractivity contribution in [2.45, 2.75) is 6.54 Å². The highest BCUT2D eigenvalue weighted by Crippen LogP contribution is 2.11. The Morgan fingerprint density at radius 3 is 2.93 bits per heavy atom. The Labute approximate surface area is 87.9 Å². The molecule has 0 unspecified atom stereocenters. The van der Waals surface area contributed by atoms with Crippen molar-refractivity contribution in [2.24, 2.45) is 0 Å². The summed E-state index contributed by atoms with van der Waals surface area (Å²) in [5, 5.41) is 6.73. The smallest absolute Gasteiger partial charge is 0.145 e. The maximum Gasteiger partial charge on any atom is 0.145 e. The Morgan fingerprint density at radius 1 is 1.47 bits per heavy atom. The highest BCUT2D eigenvalue weighted by Gasteiger charge is 2.04. The molecule has 5 nitrogen and oxygen atoms in total. The van der Waals surface area contributed by atoms with Crippen LogP contribution in [0.4, 0.5) is 11.6 Å². The largest absolute Gasteiger partial charge is 0.382 e. The minimum atomic E-state index is 0.513. The Balaban J connectivity index is 2.07. The van der Waals surface area contributed by atoms with E-state index in [-0.39, 0.29) is 0 Å². The van der Waals surface area contributed by atoms with Gasteiger partial charge in [-0.25, -0.2) is 4.98 Å². The minimum absolute atomic E-state index is 0.513. The molecule has 0 amide bonds. The lowest BCUT2D eigenvalue weighted by molar-refractivity contribution is 0.854. The van der Waals surface area contributed by atoms with Gasteiger partial charge in [0.1, 0.15) is 11.6 Å². The van der Waals surface area contributed by atoms with Crippen LogP contribution in [0.15, 0.2) is 30.5 Å². The number of pyridine rings is 1. The van der Waals surface area contributed by atoms with Crippen molar-refractivity contribution in [3.63, 3.8) is 0 Å². The van der Waals surface area contributed by atoms with E-state index in [9.17, 15) is 0 Å². The summed E-state index contributed by atoms with van der Waals surface area (Å²) in [6.45, 7) is 0.710. The summed E-state index contributed by atoms with van der Waals surface area (Å²) in [6.07, 6.45) is 1.77. The fourth-order valence-corrected chi connectivity index (χ4v) is 1.38. The number of nitrogens with two attached hydrogens (primary N) is 1. The number of aromatic nitrogens is 3. The van der Waals surface area contributed by atoms with Crippen LogP contribution in [0, 0.1) is 0 Å². The molecular weight excluding hydrogens is 190 g/mol. The van der Waals surface area contributed by atoms with Crippen LogP contribution < -0.4 is 10.6 Å². The molecule has 15 heavy (non-hydrogen) atoms. The molecule has 2 heterocycles. The van der Waals surface area contributed by atoms with Crippen molar-refractivity contribution in [3.05, 3.63) is 36.2 Å². The fraction of sp³-hybridized carbons (Fsp3) is 0.200. The molecule has 2 aromatic rings. The summed E-state index contributed by atoms with van der Waals surface area (Å²) in [5.74, 6) is 1.44. The molecule has 2 rings (SSSR count). The van der Waals surface area contributed by atoms with Crippen LogP contribution in [0.1, 0.15) is 5.69 Å². The van der Waals surface area contributed by atoms with E-state index in [1.807, 2.05) is 36.2 Å². The number of nitrogens with one attached hydrogen (secondary N) is 1. The zero-order valence-corrected chi connectivity index (χ0v) is 8.51. The van der Waals surface area contributed by atoms with Crippen molar-refractivity contribution in [1.82, 2.24) is 15.2 Å². The molecule has 3 N–H and O–H groups in total. The number of hydrogen-bond acceptors (Lipinski definition) is 4. The van der Waals surface area contributed by atoms with E-state index in [0.717, 1.165) is 11.5 Å². The normalized spacial score (nSPS) is 10.2. The summed E-state index contributed by atoms with van der Waals surface area (Å²) in [7, 11) is 1.97. The van der Waals surface area contributed by atoms with Crippen LogP contribution in [0.5, 0.6) is 0 Å². The molecule has 0 saturated heterocycles. The fourth-order valence-electron chi connectivity index (χ4n) is 1.38. The molecule has 0 aliphatic heterocycles. The first-order valence-corrected chi connectivity index (χ1v) is 4.67. The Morgan fingerprint density at radius 2 is 2.33 bits per heavy atom. The molecule has 0 aromatic carbocycles. The zero-order chi connectivity index (χ0) is 10.7. The summed E-state index contributed by atoms with van der Waals surface area (Å²) >= 11 is 0. The summed E-state index contributed by atoms with van der Waals surface area (Å²) in [6, 6.07) is 7.63. The second-order valence-electron chi connectivity index (χ2n) is 3.36. The van der Waals surface area contributed by atoms with Gasteiger partial charge in [0.2, 0.25) is 0 Å². The number of anilines is 2. The predicted octanol–water partition coefficient (Wildman–Crippen LogP) is 1.02. The van der Waals surface area contributed by atoms with Crippen LogP contribution >= 0.6 is 0 Å². The van der Waals surface area contributed by atoms with Gasteiger partial charge in [0.15, 0.2) is 0 Å². The lowest BCUT2D eigenvalue weighted by Crippen LogP contribution is -2.17. The molecule has 0 aliphatic carbocycles. The van der Waals surface area contributed by atoms with E-state index in [0.29, 0.717) is 12.4 Å². The first kappa shape index (κ1) is 9.51. The van der Waals surface area contributed by atoms with Crippen LogP contribution in [0.3, 0.4) is 0 Å². The molecule has 0 aliphatic rings. The van der Waals surface area contributed by atoms with E-state index < -0.39 is 0 Å². The second-order valence-corrected chi connectivity index (χ2v) is 3.36. The van der Waals surface area contributed by atoms with Crippen LogP contribution in [-0.2, 0) is 6.54 Å². The Hall–Kier alpha value is -2.04. The zero-order valence-electron chi connectivity index (χ0n) is 8.51. The average molecular weight is 203 g/mol. The van der Waals surface area contributed by atoms with Gasteiger partial charge in [0, 0.05) is 19.3 Å². The third-order valence-corrected chi connectivity index (χ3v) is 2.10. The van der Waals surface area contributed by atoms with Gasteiger partial charge in [0.25, 0.3) is 0 Å². The molecule has 0 spiro atoms. The molecular formula is C10H13N5. The Kier molecular flexibility index (Phi) is 2.53. The quantitative estimate of drug-likeness (QED) is 0.781. The number of nitrogens with zero attached hydrogens (tertiary/aromatic N) is 3. The summed E-state index contributed by atoms with van der Waals surface area (Å²) in [5.41, 5.74) is 6.49. The van der Waals surface area contributed by atoms with Gasteiger partial charge in [-0.15, -0.1) is 0 Å². The van der Waals surface area contributed by atoms with Crippen LogP contribution in [0.2, 0.25) is 0 Å². The number of nitrogen functional groups attached to an aromatic ring is 1. The molecule has 0 bridgehead atoms. The molecule has 5 heteroatoms. The third-order valence-electron chi connectivity index (χ3n) is 2.10. The molecule has 2 aromatic heterocycles. The molecule has 0 atom stereocenters. The molecule has 78 valence electrons. The van der Waals surface area contributed by atoms with Crippen molar-refractivity contribution in [2.75, 3.05) is 17.7 Å². The highest BCUT2D eigenvalue weighted by atomic mass is 15.2. The number of rotatable bonds is 3. The summed E-state index contributed by atoms with van der Waals surface area (Å²) < 4.78 is 0. The van der Waals surface area contributed by atoms with E-state index in [2.05, 4.69) is 15.2 Å². The minimum Gasteiger partial charge on any atom is -0.382 e. The van der Waals surface area contributed by atoms with Crippen LogP contribution in [0.25, 0.3) is 0 Å². The standard InChI is InChI=1S/C10H13N5/c1-15(10-4-2-3-5-12-10)7-8-6-9(11)14-13-8/h2-6H,7H2,1H3,(H3,11,13,14). The monoisotopic (exact) mass is 203 g/mol.